The number of morpholine rings is 1. The minimum absolute atomic E-state index is 0.0555. The zero-order valence-corrected chi connectivity index (χ0v) is 14.8. The maximum Gasteiger partial charge on any atom is 0.343 e. The van der Waals surface area contributed by atoms with Crippen LogP contribution in [0, 0.1) is 0 Å². The lowest BCUT2D eigenvalue weighted by Gasteiger charge is -2.26. The van der Waals surface area contributed by atoms with Crippen LogP contribution in [0.4, 0.5) is 0 Å². The number of carbonyl (C=O) groups is 1. The Hall–Kier alpha value is -2.18. The highest BCUT2D eigenvalue weighted by molar-refractivity contribution is 5.94. The van der Waals surface area contributed by atoms with E-state index in [4.69, 9.17) is 9.47 Å². The Morgan fingerprint density at radius 2 is 2.04 bits per heavy atom. The van der Waals surface area contributed by atoms with Gasteiger partial charge in [0.2, 0.25) is 5.43 Å². The van der Waals surface area contributed by atoms with Crippen LogP contribution in [0.1, 0.15) is 35.3 Å². The molecule has 6 heteroatoms. The number of rotatable bonds is 5. The summed E-state index contributed by atoms with van der Waals surface area (Å²) in [5.41, 5.74) is 2.74. The van der Waals surface area contributed by atoms with Gasteiger partial charge in [0.05, 0.1) is 25.3 Å². The molecule has 1 aromatic heterocycles. The highest BCUT2D eigenvalue weighted by atomic mass is 16.5. The largest absolute Gasteiger partial charge is 0.462 e. The van der Waals surface area contributed by atoms with Crippen LogP contribution in [0.2, 0.25) is 0 Å². The van der Waals surface area contributed by atoms with Gasteiger partial charge in [-0.3, -0.25) is 9.69 Å². The molecule has 1 aliphatic rings. The molecule has 0 bridgehead atoms. The van der Waals surface area contributed by atoms with Crippen LogP contribution in [0.25, 0.3) is 10.9 Å². The fraction of sp³-hybridized carbons (Fsp3) is 0.474. The second-order valence-corrected chi connectivity index (χ2v) is 6.17. The fourth-order valence-electron chi connectivity index (χ4n) is 3.22. The first kappa shape index (κ1) is 17.6. The number of pyridine rings is 1. The average Bonchev–Trinajstić information content (AvgIpc) is 2.63. The van der Waals surface area contributed by atoms with Gasteiger partial charge in [0.25, 0.3) is 0 Å². The van der Waals surface area contributed by atoms with E-state index in [1.54, 1.807) is 6.92 Å². The first-order valence-electron chi connectivity index (χ1n) is 8.78. The lowest BCUT2D eigenvalue weighted by molar-refractivity contribution is 0.0342. The number of benzene rings is 1. The van der Waals surface area contributed by atoms with Gasteiger partial charge in [-0.1, -0.05) is 13.0 Å². The summed E-state index contributed by atoms with van der Waals surface area (Å²) in [5.74, 6) is -0.581. The zero-order chi connectivity index (χ0) is 17.8. The number of nitrogens with zero attached hydrogens (tertiary/aromatic N) is 1. The molecule has 1 saturated heterocycles. The van der Waals surface area contributed by atoms with E-state index < -0.39 is 5.97 Å². The molecular weight excluding hydrogens is 320 g/mol. The topological polar surface area (TPSA) is 71.6 Å². The van der Waals surface area contributed by atoms with E-state index in [2.05, 4.69) is 22.9 Å². The summed E-state index contributed by atoms with van der Waals surface area (Å²) < 4.78 is 10.4. The van der Waals surface area contributed by atoms with Gasteiger partial charge in [-0.05, 0) is 30.5 Å². The van der Waals surface area contributed by atoms with Crippen molar-refractivity contribution in [2.75, 3.05) is 32.9 Å². The Balaban J connectivity index is 2.03. The van der Waals surface area contributed by atoms with Gasteiger partial charge in [-0.25, -0.2) is 4.79 Å². The molecule has 25 heavy (non-hydrogen) atoms. The number of aromatic nitrogens is 1. The summed E-state index contributed by atoms with van der Waals surface area (Å²) in [6, 6.07) is 4.03. The van der Waals surface area contributed by atoms with E-state index in [0.29, 0.717) is 5.39 Å². The smallest absolute Gasteiger partial charge is 0.343 e. The van der Waals surface area contributed by atoms with Gasteiger partial charge < -0.3 is 14.5 Å². The lowest BCUT2D eigenvalue weighted by Crippen LogP contribution is -2.35. The van der Waals surface area contributed by atoms with Gasteiger partial charge in [0.15, 0.2) is 0 Å². The van der Waals surface area contributed by atoms with E-state index in [1.807, 2.05) is 6.07 Å². The van der Waals surface area contributed by atoms with E-state index in [-0.39, 0.29) is 17.6 Å². The van der Waals surface area contributed by atoms with Crippen molar-refractivity contribution >= 4 is 16.9 Å². The third-order valence-electron chi connectivity index (χ3n) is 4.52. The maximum absolute atomic E-state index is 12.8. The number of aromatic amines is 1. The van der Waals surface area contributed by atoms with Crippen molar-refractivity contribution in [2.24, 2.45) is 0 Å². The SMILES string of the molecule is CCOC(=O)c1c[nH]c2c(CC)cc(CN3CCOCC3)cc2c1=O. The molecule has 1 aliphatic heterocycles. The molecule has 0 unspecified atom stereocenters. The average molecular weight is 344 g/mol. The molecule has 0 amide bonds. The van der Waals surface area contributed by atoms with E-state index >= 15 is 0 Å². The summed E-state index contributed by atoms with van der Waals surface area (Å²) >= 11 is 0. The highest BCUT2D eigenvalue weighted by Gasteiger charge is 2.17. The molecule has 6 nitrogen and oxygen atoms in total. The van der Waals surface area contributed by atoms with Crippen LogP contribution in [0.3, 0.4) is 0 Å². The Morgan fingerprint density at radius 3 is 2.72 bits per heavy atom. The van der Waals surface area contributed by atoms with Gasteiger partial charge in [-0.15, -0.1) is 0 Å². The molecule has 0 radical (unpaired) electrons. The molecule has 2 aromatic rings. The van der Waals surface area contributed by atoms with E-state index in [1.165, 1.54) is 6.20 Å². The molecular formula is C19H24N2O4. The van der Waals surface area contributed by atoms with Gasteiger partial charge in [0.1, 0.15) is 5.56 Å². The number of carbonyl (C=O) groups excluding carboxylic acids is 1. The molecule has 1 aromatic carbocycles. The molecule has 2 heterocycles. The minimum atomic E-state index is -0.581. The zero-order valence-electron chi connectivity index (χ0n) is 14.8. The number of fused-ring (bicyclic) bond motifs is 1. The molecule has 0 spiro atoms. The van der Waals surface area contributed by atoms with Crippen LogP contribution in [-0.2, 0) is 22.4 Å². The minimum Gasteiger partial charge on any atom is -0.462 e. The summed E-state index contributed by atoms with van der Waals surface area (Å²) in [7, 11) is 0. The van der Waals surface area contributed by atoms with Crippen molar-refractivity contribution < 1.29 is 14.3 Å². The van der Waals surface area contributed by atoms with Crippen LogP contribution in [0.5, 0.6) is 0 Å². The quantitative estimate of drug-likeness (QED) is 0.841. The molecule has 0 atom stereocenters. The van der Waals surface area contributed by atoms with Crippen LogP contribution >= 0.6 is 0 Å². The van der Waals surface area contributed by atoms with Gasteiger partial charge >= 0.3 is 5.97 Å². The fourth-order valence-corrected chi connectivity index (χ4v) is 3.22. The normalized spacial score (nSPS) is 15.4. The molecule has 0 saturated carbocycles. The molecule has 134 valence electrons. The summed E-state index contributed by atoms with van der Waals surface area (Å²) in [6.07, 6.45) is 2.27. The maximum atomic E-state index is 12.8. The second kappa shape index (κ2) is 7.80. The number of nitrogens with one attached hydrogen (secondary N) is 1. The standard InChI is InChI=1S/C19H24N2O4/c1-3-14-9-13(12-21-5-7-24-8-6-21)10-15-17(14)20-11-16(18(15)22)19(23)25-4-2/h9-11H,3-8,12H2,1-2H3,(H,20,22). The van der Waals surface area contributed by atoms with E-state index in [9.17, 15) is 9.59 Å². The number of esters is 1. The molecule has 1 fully saturated rings. The number of aryl methyl sites for hydroxylation is 1. The molecule has 1 N–H and O–H groups in total. The molecule has 0 aliphatic carbocycles. The first-order valence-corrected chi connectivity index (χ1v) is 8.78. The Labute approximate surface area is 146 Å². The van der Waals surface area contributed by atoms with Crippen molar-refractivity contribution in [3.63, 3.8) is 0 Å². The van der Waals surface area contributed by atoms with Crippen molar-refractivity contribution in [2.45, 2.75) is 26.8 Å². The predicted octanol–water partition coefficient (Wildman–Crippen LogP) is 2.10. The molecule has 3 rings (SSSR count). The summed E-state index contributed by atoms with van der Waals surface area (Å²) in [6.45, 7) is 8.05. The Bertz CT molecular complexity index is 822. The second-order valence-electron chi connectivity index (χ2n) is 6.17. The number of ether oxygens (including phenoxy) is 2. The number of H-pyrrole nitrogens is 1. The van der Waals surface area contributed by atoms with Crippen molar-refractivity contribution in [3.8, 4) is 0 Å². The number of hydrogen-bond donors (Lipinski definition) is 1. The van der Waals surface area contributed by atoms with Gasteiger partial charge in [-0.2, -0.15) is 0 Å². The predicted molar refractivity (Wildman–Crippen MR) is 96.0 cm³/mol. The van der Waals surface area contributed by atoms with Crippen molar-refractivity contribution in [3.05, 3.63) is 45.2 Å². The third-order valence-corrected chi connectivity index (χ3v) is 4.52. The lowest BCUT2D eigenvalue weighted by atomic mass is 10.0. The van der Waals surface area contributed by atoms with Gasteiger partial charge in [0, 0.05) is 31.2 Å². The summed E-state index contributed by atoms with van der Waals surface area (Å²) in [5, 5.41) is 0.549. The third kappa shape index (κ3) is 3.75. The highest BCUT2D eigenvalue weighted by Crippen LogP contribution is 2.20. The Morgan fingerprint density at radius 1 is 1.28 bits per heavy atom. The summed E-state index contributed by atoms with van der Waals surface area (Å²) in [4.78, 5) is 30.2. The van der Waals surface area contributed by atoms with E-state index in [0.717, 1.165) is 55.9 Å². The first-order chi connectivity index (χ1) is 12.1. The number of hydrogen-bond acceptors (Lipinski definition) is 5. The van der Waals surface area contributed by atoms with Crippen molar-refractivity contribution in [1.29, 1.82) is 0 Å². The van der Waals surface area contributed by atoms with Crippen LogP contribution < -0.4 is 5.43 Å². The monoisotopic (exact) mass is 344 g/mol. The Kier molecular flexibility index (Phi) is 5.50. The van der Waals surface area contributed by atoms with Crippen LogP contribution in [0.15, 0.2) is 23.1 Å². The van der Waals surface area contributed by atoms with Crippen molar-refractivity contribution in [1.82, 2.24) is 9.88 Å². The van der Waals surface area contributed by atoms with Crippen LogP contribution in [-0.4, -0.2) is 48.8 Å².